The van der Waals surface area contributed by atoms with Gasteiger partial charge in [0.05, 0.1) is 26.2 Å². The minimum Gasteiger partial charge on any atom is -0.496 e. The maximum Gasteiger partial charge on any atom is 0.225 e. The highest BCUT2D eigenvalue weighted by Gasteiger charge is 2.23. The number of aryl methyl sites for hydroxylation is 1. The third kappa shape index (κ3) is 3.51. The molecule has 0 aliphatic carbocycles. The molecule has 1 aromatic carbocycles. The topological polar surface area (TPSA) is 38.8 Å². The highest BCUT2D eigenvalue weighted by molar-refractivity contribution is 5.76. The summed E-state index contributed by atoms with van der Waals surface area (Å²) in [6, 6.07) is 6.09. The molecule has 110 valence electrons. The van der Waals surface area contributed by atoms with Crippen molar-refractivity contribution in [3.05, 3.63) is 29.3 Å². The van der Waals surface area contributed by atoms with Crippen LogP contribution in [0.2, 0.25) is 0 Å². The second kappa shape index (κ2) is 6.75. The summed E-state index contributed by atoms with van der Waals surface area (Å²) in [5, 5.41) is 0. The Morgan fingerprint density at radius 1 is 1.45 bits per heavy atom. The molecular formula is C16H23NO3. The molecule has 1 fully saturated rings. The predicted octanol–water partition coefficient (Wildman–Crippen LogP) is 2.53. The molecular weight excluding hydrogens is 254 g/mol. The molecule has 20 heavy (non-hydrogen) atoms. The Balaban J connectivity index is 2.16. The molecule has 4 nitrogen and oxygen atoms in total. The molecule has 1 saturated heterocycles. The maximum absolute atomic E-state index is 12.2. The van der Waals surface area contributed by atoms with Gasteiger partial charge in [0.25, 0.3) is 0 Å². The van der Waals surface area contributed by atoms with Gasteiger partial charge in [-0.3, -0.25) is 4.79 Å². The number of amides is 1. The molecule has 1 aliphatic heterocycles. The zero-order valence-corrected chi connectivity index (χ0v) is 12.5. The summed E-state index contributed by atoms with van der Waals surface area (Å²) in [6.07, 6.45) is 1.53. The van der Waals surface area contributed by atoms with E-state index in [1.165, 1.54) is 0 Å². The maximum atomic E-state index is 12.2. The van der Waals surface area contributed by atoms with Crippen molar-refractivity contribution < 1.29 is 14.3 Å². The highest BCUT2D eigenvalue weighted by Crippen LogP contribution is 2.23. The van der Waals surface area contributed by atoms with Gasteiger partial charge in [-0.25, -0.2) is 0 Å². The lowest BCUT2D eigenvalue weighted by Crippen LogP contribution is -2.34. The lowest BCUT2D eigenvalue weighted by molar-refractivity contribution is -0.131. The van der Waals surface area contributed by atoms with E-state index < -0.39 is 0 Å². The van der Waals surface area contributed by atoms with E-state index in [0.29, 0.717) is 26.1 Å². The van der Waals surface area contributed by atoms with E-state index in [9.17, 15) is 4.79 Å². The molecule has 0 unspecified atom stereocenters. The fourth-order valence-corrected chi connectivity index (χ4v) is 2.46. The molecule has 4 heteroatoms. The first kappa shape index (κ1) is 14.9. The second-order valence-electron chi connectivity index (χ2n) is 5.24. The van der Waals surface area contributed by atoms with Gasteiger partial charge in [0.2, 0.25) is 5.91 Å². The van der Waals surface area contributed by atoms with Gasteiger partial charge in [0, 0.05) is 18.7 Å². The summed E-state index contributed by atoms with van der Waals surface area (Å²) in [4.78, 5) is 14.0. The van der Waals surface area contributed by atoms with Crippen molar-refractivity contribution in [1.82, 2.24) is 4.90 Å². The SMILES string of the molecule is CC[C@@H]1CN(Cc2ccc(C)cc2OC)C(=O)CCO1. The number of rotatable bonds is 4. The summed E-state index contributed by atoms with van der Waals surface area (Å²) in [6.45, 7) is 5.89. The van der Waals surface area contributed by atoms with Crippen molar-refractivity contribution >= 4 is 5.91 Å². The van der Waals surface area contributed by atoms with Crippen LogP contribution in [0.25, 0.3) is 0 Å². The quantitative estimate of drug-likeness (QED) is 0.849. The molecule has 2 rings (SSSR count). The van der Waals surface area contributed by atoms with Crippen LogP contribution in [0.5, 0.6) is 5.75 Å². The summed E-state index contributed by atoms with van der Waals surface area (Å²) in [5.41, 5.74) is 2.20. The van der Waals surface area contributed by atoms with Crippen LogP contribution in [-0.2, 0) is 16.1 Å². The van der Waals surface area contributed by atoms with Crippen LogP contribution in [0.15, 0.2) is 18.2 Å². The van der Waals surface area contributed by atoms with Gasteiger partial charge >= 0.3 is 0 Å². The first-order valence-corrected chi connectivity index (χ1v) is 7.17. The minimum absolute atomic E-state index is 0.137. The molecule has 0 bridgehead atoms. The Hall–Kier alpha value is -1.55. The van der Waals surface area contributed by atoms with Crippen LogP contribution < -0.4 is 4.74 Å². The number of carbonyl (C=O) groups is 1. The van der Waals surface area contributed by atoms with Crippen LogP contribution in [0.3, 0.4) is 0 Å². The van der Waals surface area contributed by atoms with Gasteiger partial charge in [-0.2, -0.15) is 0 Å². The largest absolute Gasteiger partial charge is 0.496 e. The van der Waals surface area contributed by atoms with E-state index in [2.05, 4.69) is 6.92 Å². The fourth-order valence-electron chi connectivity index (χ4n) is 2.46. The second-order valence-corrected chi connectivity index (χ2v) is 5.24. The van der Waals surface area contributed by atoms with Crippen LogP contribution in [0.4, 0.5) is 0 Å². The number of carbonyl (C=O) groups excluding carboxylic acids is 1. The monoisotopic (exact) mass is 277 g/mol. The first-order chi connectivity index (χ1) is 9.63. The molecule has 1 heterocycles. The molecule has 1 aromatic rings. The van der Waals surface area contributed by atoms with Crippen molar-refractivity contribution in [2.24, 2.45) is 0 Å². The van der Waals surface area contributed by atoms with Crippen LogP contribution >= 0.6 is 0 Å². The molecule has 1 amide bonds. The molecule has 1 aliphatic rings. The number of benzene rings is 1. The Morgan fingerprint density at radius 2 is 2.25 bits per heavy atom. The lowest BCUT2D eigenvalue weighted by atomic mass is 10.1. The van der Waals surface area contributed by atoms with Gasteiger partial charge in [-0.1, -0.05) is 19.1 Å². The predicted molar refractivity (Wildman–Crippen MR) is 77.8 cm³/mol. The highest BCUT2D eigenvalue weighted by atomic mass is 16.5. The third-order valence-corrected chi connectivity index (χ3v) is 3.71. The van der Waals surface area contributed by atoms with Crippen molar-refractivity contribution in [2.75, 3.05) is 20.3 Å². The number of ether oxygens (including phenoxy) is 2. The Morgan fingerprint density at radius 3 is 2.95 bits per heavy atom. The van der Waals surface area contributed by atoms with E-state index in [1.54, 1.807) is 7.11 Å². The average molecular weight is 277 g/mol. The average Bonchev–Trinajstić information content (AvgIpc) is 2.63. The Kier molecular flexibility index (Phi) is 5.01. The van der Waals surface area contributed by atoms with Crippen LogP contribution in [-0.4, -0.2) is 37.2 Å². The van der Waals surface area contributed by atoms with Gasteiger partial charge < -0.3 is 14.4 Å². The molecule has 0 saturated carbocycles. The summed E-state index contributed by atoms with van der Waals surface area (Å²) in [7, 11) is 1.67. The van der Waals surface area contributed by atoms with Crippen molar-refractivity contribution in [2.45, 2.75) is 39.3 Å². The zero-order chi connectivity index (χ0) is 14.5. The number of nitrogens with zero attached hydrogens (tertiary/aromatic N) is 1. The Bertz CT molecular complexity index is 473. The van der Waals surface area contributed by atoms with Gasteiger partial charge in [0.1, 0.15) is 5.75 Å². The first-order valence-electron chi connectivity index (χ1n) is 7.17. The van der Waals surface area contributed by atoms with E-state index in [-0.39, 0.29) is 12.0 Å². The number of methoxy groups -OCH3 is 1. The van der Waals surface area contributed by atoms with Gasteiger partial charge in [0.15, 0.2) is 0 Å². The summed E-state index contributed by atoms with van der Waals surface area (Å²) >= 11 is 0. The standard InChI is InChI=1S/C16H23NO3/c1-4-14-11-17(16(18)7-8-20-14)10-13-6-5-12(2)9-15(13)19-3/h5-6,9,14H,4,7-8,10-11H2,1-3H3/t14-/m1/s1. The zero-order valence-electron chi connectivity index (χ0n) is 12.5. The van der Waals surface area contributed by atoms with Crippen molar-refractivity contribution in [3.63, 3.8) is 0 Å². The van der Waals surface area contributed by atoms with E-state index >= 15 is 0 Å². The lowest BCUT2D eigenvalue weighted by Gasteiger charge is -2.24. The third-order valence-electron chi connectivity index (χ3n) is 3.71. The van der Waals surface area contributed by atoms with E-state index in [4.69, 9.17) is 9.47 Å². The number of hydrogen-bond acceptors (Lipinski definition) is 3. The van der Waals surface area contributed by atoms with Crippen LogP contribution in [0.1, 0.15) is 30.9 Å². The van der Waals surface area contributed by atoms with E-state index in [1.807, 2.05) is 30.0 Å². The fraction of sp³-hybridized carbons (Fsp3) is 0.562. The summed E-state index contributed by atoms with van der Waals surface area (Å²) < 4.78 is 11.1. The van der Waals surface area contributed by atoms with Crippen LogP contribution in [0, 0.1) is 6.92 Å². The molecule has 0 radical (unpaired) electrons. The molecule has 0 spiro atoms. The van der Waals surface area contributed by atoms with Gasteiger partial charge in [-0.05, 0) is 25.0 Å². The normalized spacial score (nSPS) is 19.9. The van der Waals surface area contributed by atoms with Gasteiger partial charge in [-0.15, -0.1) is 0 Å². The van der Waals surface area contributed by atoms with Crippen molar-refractivity contribution in [3.8, 4) is 5.75 Å². The smallest absolute Gasteiger partial charge is 0.225 e. The molecule has 0 N–H and O–H groups in total. The number of hydrogen-bond donors (Lipinski definition) is 0. The van der Waals surface area contributed by atoms with Crippen molar-refractivity contribution in [1.29, 1.82) is 0 Å². The summed E-state index contributed by atoms with van der Waals surface area (Å²) in [5.74, 6) is 1.000. The molecule has 0 aromatic heterocycles. The molecule has 1 atom stereocenters. The Labute approximate surface area is 120 Å². The van der Waals surface area contributed by atoms with E-state index in [0.717, 1.165) is 23.3 Å². The minimum atomic E-state index is 0.137.